The van der Waals surface area contributed by atoms with Crippen molar-refractivity contribution in [2.75, 3.05) is 18.1 Å². The van der Waals surface area contributed by atoms with Crippen molar-refractivity contribution in [3.05, 3.63) is 48.7 Å². The monoisotopic (exact) mass is 317 g/mol. The van der Waals surface area contributed by atoms with E-state index < -0.39 is 0 Å². The normalized spacial score (nSPS) is 15.4. The lowest BCUT2D eigenvalue weighted by Gasteiger charge is -2.31. The van der Waals surface area contributed by atoms with Crippen LogP contribution in [0.4, 0.5) is 0 Å². The van der Waals surface area contributed by atoms with Gasteiger partial charge in [-0.15, -0.1) is 0 Å². The summed E-state index contributed by atoms with van der Waals surface area (Å²) in [5, 5.41) is 10.8. The van der Waals surface area contributed by atoms with E-state index in [-0.39, 0.29) is 0 Å². The highest BCUT2D eigenvalue weighted by molar-refractivity contribution is 5.86. The zero-order chi connectivity index (χ0) is 15.9. The largest absolute Gasteiger partial charge is 0.311 e. The number of piperidine rings is 1. The van der Waals surface area contributed by atoms with E-state index in [1.54, 1.807) is 0 Å². The van der Waals surface area contributed by atoms with Gasteiger partial charge in [0.1, 0.15) is 0 Å². The number of H-pyrrole nitrogens is 1. The lowest BCUT2D eigenvalue weighted by atomic mass is 10.1. The molecule has 24 heavy (non-hydrogen) atoms. The van der Waals surface area contributed by atoms with Crippen molar-refractivity contribution >= 4 is 21.9 Å². The van der Waals surface area contributed by atoms with Crippen molar-refractivity contribution in [1.82, 2.24) is 19.9 Å². The van der Waals surface area contributed by atoms with Crippen LogP contribution in [0, 0.1) is 0 Å². The van der Waals surface area contributed by atoms with Crippen molar-refractivity contribution in [2.45, 2.75) is 19.3 Å². The van der Waals surface area contributed by atoms with Crippen LogP contribution in [0.1, 0.15) is 19.3 Å². The van der Waals surface area contributed by atoms with E-state index in [9.17, 15) is 0 Å². The molecule has 0 amide bonds. The van der Waals surface area contributed by atoms with Gasteiger partial charge in [0, 0.05) is 24.0 Å². The first-order valence-corrected chi connectivity index (χ1v) is 8.56. The van der Waals surface area contributed by atoms with E-state index in [0.29, 0.717) is 0 Å². The fourth-order valence-corrected chi connectivity index (χ4v) is 3.64. The van der Waals surface area contributed by atoms with Crippen LogP contribution < -0.4 is 5.01 Å². The molecule has 4 aromatic rings. The molecule has 1 aliphatic heterocycles. The van der Waals surface area contributed by atoms with Crippen molar-refractivity contribution in [3.63, 3.8) is 0 Å². The van der Waals surface area contributed by atoms with E-state index in [0.717, 1.165) is 40.9 Å². The molecular formula is C19H19N5. The quantitative estimate of drug-likeness (QED) is 0.613. The third-order valence-electron chi connectivity index (χ3n) is 4.85. The van der Waals surface area contributed by atoms with Gasteiger partial charge in [-0.2, -0.15) is 5.10 Å². The number of hydrogen-bond acceptors (Lipinski definition) is 3. The zero-order valence-electron chi connectivity index (χ0n) is 13.4. The standard InChI is InChI=1S/C19H19N5/c1-4-10-23(11-5-1)24-18-7-3-2-6-16(18)21-19(24)14-8-9-15-13-20-22-17(15)12-14/h2-3,6-9,12-13H,1,4-5,10-11H2,(H,20,22). The summed E-state index contributed by atoms with van der Waals surface area (Å²) in [7, 11) is 0. The minimum absolute atomic E-state index is 1.01. The van der Waals surface area contributed by atoms with Crippen LogP contribution in [0.25, 0.3) is 33.3 Å². The van der Waals surface area contributed by atoms with Crippen molar-refractivity contribution in [3.8, 4) is 11.4 Å². The second kappa shape index (κ2) is 5.37. The first kappa shape index (κ1) is 13.6. The van der Waals surface area contributed by atoms with Crippen LogP contribution >= 0.6 is 0 Å². The molecule has 0 aliphatic carbocycles. The maximum Gasteiger partial charge on any atom is 0.159 e. The first-order chi connectivity index (χ1) is 11.9. The fourth-order valence-electron chi connectivity index (χ4n) is 3.64. The summed E-state index contributed by atoms with van der Waals surface area (Å²) in [6.07, 6.45) is 5.66. The SMILES string of the molecule is c1ccc2c(c1)nc(-c1ccc3cn[nH]c3c1)n2N1CCCCC1. The maximum atomic E-state index is 4.94. The molecule has 0 saturated carbocycles. The summed E-state index contributed by atoms with van der Waals surface area (Å²) in [4.78, 5) is 4.94. The Bertz CT molecular complexity index is 1010. The van der Waals surface area contributed by atoms with E-state index in [4.69, 9.17) is 4.98 Å². The minimum Gasteiger partial charge on any atom is -0.311 e. The Morgan fingerprint density at radius 3 is 2.75 bits per heavy atom. The van der Waals surface area contributed by atoms with Crippen molar-refractivity contribution in [2.24, 2.45) is 0 Å². The molecule has 120 valence electrons. The number of aromatic nitrogens is 4. The maximum absolute atomic E-state index is 4.94. The molecule has 2 aromatic heterocycles. The molecule has 1 fully saturated rings. The second-order valence-corrected chi connectivity index (χ2v) is 6.42. The number of fused-ring (bicyclic) bond motifs is 2. The molecular weight excluding hydrogens is 298 g/mol. The molecule has 1 N–H and O–H groups in total. The zero-order valence-corrected chi connectivity index (χ0v) is 13.4. The Morgan fingerprint density at radius 2 is 1.83 bits per heavy atom. The number of benzene rings is 2. The summed E-state index contributed by atoms with van der Waals surface area (Å²) in [6, 6.07) is 14.8. The molecule has 0 unspecified atom stereocenters. The molecule has 1 aliphatic rings. The summed E-state index contributed by atoms with van der Waals surface area (Å²) >= 11 is 0. The van der Waals surface area contributed by atoms with Gasteiger partial charge in [-0.3, -0.25) is 5.10 Å². The lowest BCUT2D eigenvalue weighted by molar-refractivity contribution is 0.488. The van der Waals surface area contributed by atoms with E-state index in [1.807, 2.05) is 6.20 Å². The topological polar surface area (TPSA) is 49.7 Å². The van der Waals surface area contributed by atoms with Crippen LogP contribution in [0.2, 0.25) is 0 Å². The van der Waals surface area contributed by atoms with Crippen LogP contribution in [0.3, 0.4) is 0 Å². The summed E-state index contributed by atoms with van der Waals surface area (Å²) < 4.78 is 2.31. The van der Waals surface area contributed by atoms with Gasteiger partial charge in [-0.1, -0.05) is 24.3 Å². The van der Waals surface area contributed by atoms with Crippen molar-refractivity contribution < 1.29 is 0 Å². The lowest BCUT2D eigenvalue weighted by Crippen LogP contribution is -2.39. The number of rotatable bonds is 2. The van der Waals surface area contributed by atoms with Crippen LogP contribution in [-0.4, -0.2) is 32.9 Å². The third kappa shape index (κ3) is 2.08. The highest BCUT2D eigenvalue weighted by Gasteiger charge is 2.19. The van der Waals surface area contributed by atoms with E-state index in [1.165, 1.54) is 24.8 Å². The van der Waals surface area contributed by atoms with Gasteiger partial charge in [0.2, 0.25) is 0 Å². The summed E-state index contributed by atoms with van der Waals surface area (Å²) in [5.74, 6) is 1.01. The number of imidazole rings is 1. The first-order valence-electron chi connectivity index (χ1n) is 8.56. The van der Waals surface area contributed by atoms with Gasteiger partial charge < -0.3 is 5.01 Å². The van der Waals surface area contributed by atoms with Gasteiger partial charge in [-0.25, -0.2) is 9.66 Å². The molecule has 5 nitrogen and oxygen atoms in total. The smallest absolute Gasteiger partial charge is 0.159 e. The predicted octanol–water partition coefficient (Wildman–Crippen LogP) is 3.70. The predicted molar refractivity (Wildman–Crippen MR) is 96.6 cm³/mol. The number of hydrogen-bond donors (Lipinski definition) is 1. The Kier molecular flexibility index (Phi) is 3.04. The fraction of sp³-hybridized carbons (Fsp3) is 0.263. The van der Waals surface area contributed by atoms with Crippen LogP contribution in [0.15, 0.2) is 48.7 Å². The minimum atomic E-state index is 1.01. The molecule has 0 radical (unpaired) electrons. The van der Waals surface area contributed by atoms with Crippen LogP contribution in [0.5, 0.6) is 0 Å². The van der Waals surface area contributed by atoms with Gasteiger partial charge in [0.15, 0.2) is 5.82 Å². The molecule has 5 rings (SSSR count). The summed E-state index contributed by atoms with van der Waals surface area (Å²) in [5.41, 5.74) is 4.39. The van der Waals surface area contributed by atoms with Gasteiger partial charge in [-0.05, 0) is 37.5 Å². The number of aromatic amines is 1. The number of nitrogens with one attached hydrogen (secondary N) is 1. The van der Waals surface area contributed by atoms with Crippen LogP contribution in [-0.2, 0) is 0 Å². The number of nitrogens with zero attached hydrogens (tertiary/aromatic N) is 4. The third-order valence-corrected chi connectivity index (χ3v) is 4.85. The molecule has 0 spiro atoms. The average molecular weight is 317 g/mol. The molecule has 5 heteroatoms. The van der Waals surface area contributed by atoms with E-state index in [2.05, 4.69) is 62.3 Å². The Balaban J connectivity index is 1.74. The molecule has 0 bridgehead atoms. The van der Waals surface area contributed by atoms with Crippen molar-refractivity contribution in [1.29, 1.82) is 0 Å². The van der Waals surface area contributed by atoms with Gasteiger partial charge in [0.05, 0.1) is 22.7 Å². The highest BCUT2D eigenvalue weighted by atomic mass is 15.6. The van der Waals surface area contributed by atoms with E-state index >= 15 is 0 Å². The number of para-hydroxylation sites is 2. The Labute approximate surface area is 139 Å². The Morgan fingerprint density at radius 1 is 0.958 bits per heavy atom. The molecule has 3 heterocycles. The molecule has 0 atom stereocenters. The highest BCUT2D eigenvalue weighted by Crippen LogP contribution is 2.28. The van der Waals surface area contributed by atoms with Gasteiger partial charge in [0.25, 0.3) is 0 Å². The molecule has 1 saturated heterocycles. The Hall–Kier alpha value is -2.82. The second-order valence-electron chi connectivity index (χ2n) is 6.42. The summed E-state index contributed by atoms with van der Waals surface area (Å²) in [6.45, 7) is 2.17. The average Bonchev–Trinajstić information content (AvgIpc) is 3.26. The molecule has 2 aromatic carbocycles. The van der Waals surface area contributed by atoms with Gasteiger partial charge >= 0.3 is 0 Å².